The Labute approximate surface area is 75.0 Å². The van der Waals surface area contributed by atoms with Gasteiger partial charge in [0.15, 0.2) is 0 Å². The molecule has 5 nitrogen and oxygen atoms in total. The van der Waals surface area contributed by atoms with Crippen molar-refractivity contribution in [3.05, 3.63) is 39.9 Å². The summed E-state index contributed by atoms with van der Waals surface area (Å²) in [5.41, 5.74) is 1.50. The first-order chi connectivity index (χ1) is 6.15. The van der Waals surface area contributed by atoms with Crippen LogP contribution in [-0.2, 0) is 0 Å². The molecule has 0 aromatic heterocycles. The fourth-order valence-corrected chi connectivity index (χ4v) is 0.899. The van der Waals surface area contributed by atoms with E-state index in [1.54, 1.807) is 19.1 Å². The third-order valence-electron chi connectivity index (χ3n) is 1.69. The van der Waals surface area contributed by atoms with E-state index in [0.29, 0.717) is 5.71 Å². The highest BCUT2D eigenvalue weighted by molar-refractivity contribution is 5.98. The minimum Gasteiger partial charge on any atom is -0.323 e. The van der Waals surface area contributed by atoms with Crippen molar-refractivity contribution in [2.75, 3.05) is 0 Å². The molecule has 0 aliphatic heterocycles. The van der Waals surface area contributed by atoms with Crippen LogP contribution in [0.3, 0.4) is 0 Å². The molecule has 0 radical (unpaired) electrons. The van der Waals surface area contributed by atoms with E-state index in [4.69, 9.17) is 5.84 Å². The molecular weight excluding hydrogens is 170 g/mol. The zero-order valence-corrected chi connectivity index (χ0v) is 7.10. The highest BCUT2D eigenvalue weighted by Crippen LogP contribution is 2.12. The van der Waals surface area contributed by atoms with Crippen LogP contribution in [0.25, 0.3) is 0 Å². The smallest absolute Gasteiger partial charge is 0.269 e. The highest BCUT2D eigenvalue weighted by atomic mass is 16.6. The zero-order valence-electron chi connectivity index (χ0n) is 7.10. The van der Waals surface area contributed by atoms with E-state index in [9.17, 15) is 10.1 Å². The van der Waals surface area contributed by atoms with Gasteiger partial charge in [0, 0.05) is 12.1 Å². The molecule has 1 aromatic carbocycles. The van der Waals surface area contributed by atoms with Crippen LogP contribution >= 0.6 is 0 Å². The SMILES string of the molecule is CC(=NN)c1ccc([N+](=O)[O-])cc1. The normalized spacial score (nSPS) is 11.3. The lowest BCUT2D eigenvalue weighted by atomic mass is 10.1. The molecule has 0 saturated carbocycles. The molecule has 0 amide bonds. The Bertz CT molecular complexity index is 343. The number of hydrogen-bond acceptors (Lipinski definition) is 4. The Hall–Kier alpha value is -1.91. The Balaban J connectivity index is 3.00. The lowest BCUT2D eigenvalue weighted by molar-refractivity contribution is -0.384. The van der Waals surface area contributed by atoms with Crippen molar-refractivity contribution in [2.45, 2.75) is 6.92 Å². The largest absolute Gasteiger partial charge is 0.323 e. The molecule has 5 heteroatoms. The Morgan fingerprint density at radius 2 is 2.00 bits per heavy atom. The van der Waals surface area contributed by atoms with Crippen molar-refractivity contribution in [1.29, 1.82) is 0 Å². The van der Waals surface area contributed by atoms with Gasteiger partial charge < -0.3 is 5.84 Å². The monoisotopic (exact) mass is 179 g/mol. The second kappa shape index (κ2) is 3.66. The number of nitrogens with zero attached hydrogens (tertiary/aromatic N) is 2. The van der Waals surface area contributed by atoms with Crippen molar-refractivity contribution in [1.82, 2.24) is 0 Å². The van der Waals surface area contributed by atoms with Gasteiger partial charge in [-0.3, -0.25) is 10.1 Å². The molecule has 1 aromatic rings. The minimum atomic E-state index is -0.446. The number of nitro groups is 1. The van der Waals surface area contributed by atoms with Crippen LogP contribution in [0.5, 0.6) is 0 Å². The molecule has 0 spiro atoms. The molecule has 2 N–H and O–H groups in total. The lowest BCUT2D eigenvalue weighted by Gasteiger charge is -1.97. The van der Waals surface area contributed by atoms with Gasteiger partial charge in [0.2, 0.25) is 0 Å². The maximum atomic E-state index is 10.3. The van der Waals surface area contributed by atoms with E-state index >= 15 is 0 Å². The summed E-state index contributed by atoms with van der Waals surface area (Å²) in [7, 11) is 0. The summed E-state index contributed by atoms with van der Waals surface area (Å²) in [6.07, 6.45) is 0. The second-order valence-electron chi connectivity index (χ2n) is 2.52. The highest BCUT2D eigenvalue weighted by Gasteiger charge is 2.04. The average molecular weight is 179 g/mol. The predicted octanol–water partition coefficient (Wildman–Crippen LogP) is 1.28. The van der Waals surface area contributed by atoms with Crippen LogP contribution in [0.15, 0.2) is 29.4 Å². The van der Waals surface area contributed by atoms with Crippen molar-refractivity contribution in [3.8, 4) is 0 Å². The number of hydrogen-bond donors (Lipinski definition) is 1. The summed E-state index contributed by atoms with van der Waals surface area (Å²) in [5.74, 6) is 5.06. The van der Waals surface area contributed by atoms with E-state index in [1.807, 2.05) is 0 Å². The first kappa shape index (κ1) is 9.18. The fourth-order valence-electron chi connectivity index (χ4n) is 0.899. The first-order valence-corrected chi connectivity index (χ1v) is 3.64. The van der Waals surface area contributed by atoms with Crippen LogP contribution < -0.4 is 5.84 Å². The number of benzene rings is 1. The van der Waals surface area contributed by atoms with E-state index < -0.39 is 4.92 Å². The van der Waals surface area contributed by atoms with Crippen molar-refractivity contribution >= 4 is 11.4 Å². The summed E-state index contributed by atoms with van der Waals surface area (Å²) in [6.45, 7) is 1.74. The number of nitrogens with two attached hydrogens (primary N) is 1. The van der Waals surface area contributed by atoms with Crippen molar-refractivity contribution in [2.24, 2.45) is 10.9 Å². The Morgan fingerprint density at radius 1 is 1.46 bits per heavy atom. The molecule has 0 unspecified atom stereocenters. The Morgan fingerprint density at radius 3 is 2.38 bits per heavy atom. The zero-order chi connectivity index (χ0) is 9.84. The van der Waals surface area contributed by atoms with Gasteiger partial charge in [-0.1, -0.05) is 0 Å². The maximum Gasteiger partial charge on any atom is 0.269 e. The molecule has 0 atom stereocenters. The molecule has 0 aliphatic carbocycles. The standard InChI is InChI=1S/C8H9N3O2/c1-6(10-9)7-2-4-8(5-3-7)11(12)13/h2-5H,9H2,1H3. The quantitative estimate of drug-likeness (QED) is 0.321. The van der Waals surface area contributed by atoms with Gasteiger partial charge in [0.25, 0.3) is 5.69 Å². The molecule has 13 heavy (non-hydrogen) atoms. The summed E-state index contributed by atoms with van der Waals surface area (Å²) >= 11 is 0. The van der Waals surface area contributed by atoms with Gasteiger partial charge in [-0.05, 0) is 24.6 Å². The minimum absolute atomic E-state index is 0.0635. The molecule has 0 bridgehead atoms. The summed E-state index contributed by atoms with van der Waals surface area (Å²) in [4.78, 5) is 9.86. The topological polar surface area (TPSA) is 81.5 Å². The molecule has 0 heterocycles. The van der Waals surface area contributed by atoms with E-state index in [-0.39, 0.29) is 5.69 Å². The molecule has 0 saturated heterocycles. The second-order valence-corrected chi connectivity index (χ2v) is 2.52. The van der Waals surface area contributed by atoms with Crippen molar-refractivity contribution < 1.29 is 4.92 Å². The fraction of sp³-hybridized carbons (Fsp3) is 0.125. The first-order valence-electron chi connectivity index (χ1n) is 3.64. The summed E-state index contributed by atoms with van der Waals surface area (Å²) < 4.78 is 0. The van der Waals surface area contributed by atoms with E-state index in [2.05, 4.69) is 5.10 Å². The van der Waals surface area contributed by atoms with Gasteiger partial charge in [-0.15, -0.1) is 0 Å². The van der Waals surface area contributed by atoms with Crippen LogP contribution in [-0.4, -0.2) is 10.6 Å². The molecular formula is C8H9N3O2. The summed E-state index contributed by atoms with van der Waals surface area (Å²) in [5, 5.41) is 13.8. The van der Waals surface area contributed by atoms with Crippen LogP contribution in [0, 0.1) is 10.1 Å². The third kappa shape index (κ3) is 2.02. The third-order valence-corrected chi connectivity index (χ3v) is 1.69. The van der Waals surface area contributed by atoms with Crippen molar-refractivity contribution in [3.63, 3.8) is 0 Å². The predicted molar refractivity (Wildman–Crippen MR) is 49.5 cm³/mol. The maximum absolute atomic E-state index is 10.3. The van der Waals surface area contributed by atoms with E-state index in [1.165, 1.54) is 12.1 Å². The lowest BCUT2D eigenvalue weighted by Crippen LogP contribution is -1.98. The van der Waals surface area contributed by atoms with Gasteiger partial charge >= 0.3 is 0 Å². The number of nitro benzene ring substituents is 1. The number of hydrazone groups is 1. The molecule has 0 aliphatic rings. The van der Waals surface area contributed by atoms with Gasteiger partial charge in [-0.25, -0.2) is 0 Å². The van der Waals surface area contributed by atoms with Gasteiger partial charge in [0.05, 0.1) is 10.6 Å². The average Bonchev–Trinajstić information content (AvgIpc) is 2.17. The van der Waals surface area contributed by atoms with Gasteiger partial charge in [-0.2, -0.15) is 5.10 Å². The molecule has 68 valence electrons. The molecule has 0 fully saturated rings. The summed E-state index contributed by atoms with van der Waals surface area (Å²) in [6, 6.07) is 6.07. The molecule has 1 rings (SSSR count). The van der Waals surface area contributed by atoms with Crippen LogP contribution in [0.2, 0.25) is 0 Å². The van der Waals surface area contributed by atoms with Crippen LogP contribution in [0.4, 0.5) is 5.69 Å². The van der Waals surface area contributed by atoms with Gasteiger partial charge in [0.1, 0.15) is 0 Å². The number of rotatable bonds is 2. The van der Waals surface area contributed by atoms with E-state index in [0.717, 1.165) is 5.56 Å². The van der Waals surface area contributed by atoms with Crippen LogP contribution in [0.1, 0.15) is 12.5 Å². The number of non-ortho nitro benzene ring substituents is 1. The Kier molecular flexibility index (Phi) is 2.59.